The number of rotatable bonds is 6. The number of aromatic nitrogens is 1. The van der Waals surface area contributed by atoms with Gasteiger partial charge in [0.05, 0.1) is 38.3 Å². The first-order valence-electron chi connectivity index (χ1n) is 9.88. The molecule has 162 valence electrons. The van der Waals surface area contributed by atoms with Crippen LogP contribution < -0.4 is 25.1 Å². The van der Waals surface area contributed by atoms with Crippen molar-refractivity contribution >= 4 is 22.4 Å². The van der Waals surface area contributed by atoms with E-state index in [1.807, 2.05) is 0 Å². The van der Waals surface area contributed by atoms with E-state index in [-0.39, 0.29) is 11.5 Å². The van der Waals surface area contributed by atoms with Gasteiger partial charge in [0.15, 0.2) is 0 Å². The molecule has 7 nitrogen and oxygen atoms in total. The van der Waals surface area contributed by atoms with E-state index in [2.05, 4.69) is 5.32 Å². The summed E-state index contributed by atoms with van der Waals surface area (Å²) in [5.41, 5.74) is 1.20. The van der Waals surface area contributed by atoms with Crippen LogP contribution in [0, 0.1) is 0 Å². The molecule has 0 bridgehead atoms. The average molecular weight is 430 g/mol. The molecule has 0 unspecified atom stereocenters. The highest BCUT2D eigenvalue weighted by atomic mass is 16.5. The van der Waals surface area contributed by atoms with Crippen molar-refractivity contribution in [2.75, 3.05) is 26.6 Å². The number of hydrogen-bond acceptors (Lipinski definition) is 5. The molecule has 32 heavy (non-hydrogen) atoms. The average Bonchev–Trinajstić information content (AvgIpc) is 2.84. The monoisotopic (exact) mass is 430 g/mol. The van der Waals surface area contributed by atoms with E-state index >= 15 is 0 Å². The van der Waals surface area contributed by atoms with Gasteiger partial charge in [-0.25, -0.2) is 0 Å². The van der Waals surface area contributed by atoms with Crippen LogP contribution in [0.5, 0.6) is 17.2 Å². The molecule has 0 atom stereocenters. The molecule has 0 aliphatic carbocycles. The summed E-state index contributed by atoms with van der Waals surface area (Å²) in [6, 6.07) is 19.3. The number of carbonyl (C=O) groups excluding carboxylic acids is 1. The summed E-state index contributed by atoms with van der Waals surface area (Å²) < 4.78 is 17.3. The Kier molecular flexibility index (Phi) is 5.81. The molecule has 1 amide bonds. The Morgan fingerprint density at radius 3 is 2.25 bits per heavy atom. The predicted molar refractivity (Wildman–Crippen MR) is 124 cm³/mol. The summed E-state index contributed by atoms with van der Waals surface area (Å²) in [5.74, 6) is 1.30. The maximum absolute atomic E-state index is 13.3. The molecule has 0 aliphatic heterocycles. The van der Waals surface area contributed by atoms with Gasteiger partial charge in [0, 0.05) is 29.1 Å². The Labute approximate surface area is 184 Å². The molecule has 1 aromatic heterocycles. The quantitative estimate of drug-likeness (QED) is 0.494. The standard InChI is InChI=1S/C25H22N2O5/c1-30-17-8-6-7-16(13-17)27-15-21(19-9-4-5-10-20(19)25(27)29)24(28)26-22-12-11-18(31-2)14-23(22)32-3/h4-15H,1-3H3,(H,26,28). The van der Waals surface area contributed by atoms with Crippen LogP contribution in [-0.2, 0) is 0 Å². The fourth-order valence-corrected chi connectivity index (χ4v) is 3.52. The molecule has 3 aromatic carbocycles. The predicted octanol–water partition coefficient (Wildman–Crippen LogP) is 4.27. The number of methoxy groups -OCH3 is 3. The second kappa shape index (κ2) is 8.85. The number of fused-ring (bicyclic) bond motifs is 1. The van der Waals surface area contributed by atoms with Crippen molar-refractivity contribution in [1.29, 1.82) is 0 Å². The van der Waals surface area contributed by atoms with Crippen LogP contribution in [-0.4, -0.2) is 31.8 Å². The molecular weight excluding hydrogens is 408 g/mol. The Bertz CT molecular complexity index is 1360. The maximum atomic E-state index is 13.3. The Morgan fingerprint density at radius 2 is 1.53 bits per heavy atom. The van der Waals surface area contributed by atoms with Crippen LogP contribution in [0.4, 0.5) is 5.69 Å². The fraction of sp³-hybridized carbons (Fsp3) is 0.120. The number of amides is 1. The van der Waals surface area contributed by atoms with E-state index in [0.717, 1.165) is 0 Å². The Balaban J connectivity index is 1.84. The molecule has 1 heterocycles. The lowest BCUT2D eigenvalue weighted by Gasteiger charge is -2.15. The number of hydrogen-bond donors (Lipinski definition) is 1. The summed E-state index contributed by atoms with van der Waals surface area (Å²) >= 11 is 0. The molecule has 4 aromatic rings. The van der Waals surface area contributed by atoms with Crippen molar-refractivity contribution in [1.82, 2.24) is 4.57 Å². The molecule has 0 spiro atoms. The zero-order valence-corrected chi connectivity index (χ0v) is 17.9. The van der Waals surface area contributed by atoms with Crippen molar-refractivity contribution in [3.8, 4) is 22.9 Å². The van der Waals surface area contributed by atoms with Gasteiger partial charge in [-0.2, -0.15) is 0 Å². The first-order chi connectivity index (χ1) is 15.5. The van der Waals surface area contributed by atoms with Gasteiger partial charge in [-0.15, -0.1) is 0 Å². The summed E-state index contributed by atoms with van der Waals surface area (Å²) in [6.45, 7) is 0. The van der Waals surface area contributed by atoms with Crippen molar-refractivity contribution < 1.29 is 19.0 Å². The van der Waals surface area contributed by atoms with Gasteiger partial charge in [-0.3, -0.25) is 14.2 Å². The number of pyridine rings is 1. The smallest absolute Gasteiger partial charge is 0.262 e. The summed E-state index contributed by atoms with van der Waals surface area (Å²) in [7, 11) is 4.63. The maximum Gasteiger partial charge on any atom is 0.262 e. The minimum Gasteiger partial charge on any atom is -0.497 e. The Morgan fingerprint density at radius 1 is 0.812 bits per heavy atom. The number of nitrogens with zero attached hydrogens (tertiary/aromatic N) is 1. The summed E-state index contributed by atoms with van der Waals surface area (Å²) in [5, 5.41) is 3.87. The minimum atomic E-state index is -0.374. The van der Waals surface area contributed by atoms with Crippen LogP contribution in [0.25, 0.3) is 16.5 Å². The molecule has 0 radical (unpaired) electrons. The van der Waals surface area contributed by atoms with E-state index in [1.165, 1.54) is 11.7 Å². The van der Waals surface area contributed by atoms with Crippen molar-refractivity contribution in [2.24, 2.45) is 0 Å². The minimum absolute atomic E-state index is 0.229. The zero-order chi connectivity index (χ0) is 22.7. The molecule has 0 saturated heterocycles. The largest absolute Gasteiger partial charge is 0.497 e. The van der Waals surface area contributed by atoms with Crippen molar-refractivity contribution in [2.45, 2.75) is 0 Å². The lowest BCUT2D eigenvalue weighted by Crippen LogP contribution is -2.22. The third-order valence-corrected chi connectivity index (χ3v) is 5.16. The van der Waals surface area contributed by atoms with E-state index in [1.54, 1.807) is 87.1 Å². The molecule has 7 heteroatoms. The van der Waals surface area contributed by atoms with Gasteiger partial charge in [-0.05, 0) is 30.3 Å². The van der Waals surface area contributed by atoms with Crippen molar-refractivity contribution in [3.63, 3.8) is 0 Å². The van der Waals surface area contributed by atoms with E-state index in [0.29, 0.717) is 45.0 Å². The van der Waals surface area contributed by atoms with Gasteiger partial charge in [0.25, 0.3) is 11.5 Å². The topological polar surface area (TPSA) is 78.8 Å². The highest BCUT2D eigenvalue weighted by Crippen LogP contribution is 2.30. The van der Waals surface area contributed by atoms with E-state index in [9.17, 15) is 9.59 Å². The molecule has 4 rings (SSSR count). The summed E-state index contributed by atoms with van der Waals surface area (Å²) in [4.78, 5) is 26.5. The third-order valence-electron chi connectivity index (χ3n) is 5.16. The molecule has 0 saturated carbocycles. The number of nitrogens with one attached hydrogen (secondary N) is 1. The SMILES string of the molecule is COc1cccc(-n2cc(C(=O)Nc3ccc(OC)cc3OC)c3ccccc3c2=O)c1. The van der Waals surface area contributed by atoms with Crippen LogP contribution in [0.3, 0.4) is 0 Å². The normalized spacial score (nSPS) is 10.6. The van der Waals surface area contributed by atoms with Gasteiger partial charge < -0.3 is 19.5 Å². The van der Waals surface area contributed by atoms with Gasteiger partial charge in [0.1, 0.15) is 17.2 Å². The van der Waals surface area contributed by atoms with Crippen molar-refractivity contribution in [3.05, 3.63) is 88.8 Å². The van der Waals surface area contributed by atoms with Crippen LogP contribution >= 0.6 is 0 Å². The second-order valence-electron chi connectivity index (χ2n) is 6.99. The first kappa shape index (κ1) is 21.0. The third kappa shape index (κ3) is 3.88. The fourth-order valence-electron chi connectivity index (χ4n) is 3.52. The number of anilines is 1. The lowest BCUT2D eigenvalue weighted by atomic mass is 10.1. The molecule has 1 N–H and O–H groups in total. The number of carbonyl (C=O) groups is 1. The van der Waals surface area contributed by atoms with Gasteiger partial charge in [-0.1, -0.05) is 24.3 Å². The van der Waals surface area contributed by atoms with Crippen LogP contribution in [0.1, 0.15) is 10.4 Å². The van der Waals surface area contributed by atoms with E-state index in [4.69, 9.17) is 14.2 Å². The number of ether oxygens (including phenoxy) is 3. The highest BCUT2D eigenvalue weighted by molar-refractivity contribution is 6.13. The zero-order valence-electron chi connectivity index (χ0n) is 17.9. The summed E-state index contributed by atoms with van der Waals surface area (Å²) in [6.07, 6.45) is 1.55. The molecule has 0 fully saturated rings. The second-order valence-corrected chi connectivity index (χ2v) is 6.99. The van der Waals surface area contributed by atoms with Crippen LogP contribution in [0.2, 0.25) is 0 Å². The van der Waals surface area contributed by atoms with Gasteiger partial charge >= 0.3 is 0 Å². The van der Waals surface area contributed by atoms with E-state index < -0.39 is 0 Å². The van der Waals surface area contributed by atoms with Crippen LogP contribution in [0.15, 0.2) is 77.7 Å². The lowest BCUT2D eigenvalue weighted by molar-refractivity contribution is 0.102. The first-order valence-corrected chi connectivity index (χ1v) is 9.88. The number of benzene rings is 3. The molecule has 0 aliphatic rings. The highest BCUT2D eigenvalue weighted by Gasteiger charge is 2.17. The molecular formula is C25H22N2O5. The Hall–Kier alpha value is -4.26. The van der Waals surface area contributed by atoms with Gasteiger partial charge in [0.2, 0.25) is 0 Å².